The molecule has 3 N–H and O–H groups in total. The molecule has 138 valence electrons. The minimum atomic E-state index is -1.16. The topological polar surface area (TPSA) is 79.5 Å². The zero-order valence-corrected chi connectivity index (χ0v) is 16.2. The van der Waals surface area contributed by atoms with Gasteiger partial charge in [0.25, 0.3) is 0 Å². The number of anilines is 1. The monoisotopic (exact) mass is 391 g/mol. The Kier molecular flexibility index (Phi) is 6.10. The highest BCUT2D eigenvalue weighted by Gasteiger charge is 2.43. The summed E-state index contributed by atoms with van der Waals surface area (Å²) in [6, 6.07) is 5.70. The number of nitrogens with two attached hydrogens (primary N) is 1. The molecule has 1 fully saturated rings. The van der Waals surface area contributed by atoms with Gasteiger partial charge < -0.3 is 15.7 Å². The van der Waals surface area contributed by atoms with Crippen molar-refractivity contribution < 1.29 is 9.90 Å². The third-order valence-corrected chi connectivity index (χ3v) is 6.59. The van der Waals surface area contributed by atoms with E-state index < -0.39 is 11.5 Å². The van der Waals surface area contributed by atoms with Crippen LogP contribution in [0, 0.1) is 5.92 Å². The van der Waals surface area contributed by atoms with Gasteiger partial charge in [-0.05, 0) is 43.4 Å². The van der Waals surface area contributed by atoms with Crippen molar-refractivity contribution in [3.63, 3.8) is 0 Å². The summed E-state index contributed by atoms with van der Waals surface area (Å²) in [6.07, 6.45) is 4.10. The first kappa shape index (κ1) is 19.5. The highest BCUT2D eigenvalue weighted by Crippen LogP contribution is 2.36. The second-order valence-corrected chi connectivity index (χ2v) is 8.41. The predicted octanol–water partition coefficient (Wildman–Crippen LogP) is 3.71. The molecule has 0 amide bonds. The number of aromatic nitrogens is 1. The molecule has 5 nitrogen and oxygen atoms in total. The molecule has 1 aromatic carbocycles. The van der Waals surface area contributed by atoms with Crippen molar-refractivity contribution in [3.8, 4) is 0 Å². The summed E-state index contributed by atoms with van der Waals surface area (Å²) in [4.78, 5) is 18.7. The quantitative estimate of drug-likeness (QED) is 0.555. The molecule has 2 radical (unpaired) electrons. The maximum absolute atomic E-state index is 11.8. The number of aliphatic carboxylic acids is 1. The Labute approximate surface area is 163 Å². The van der Waals surface area contributed by atoms with Crippen molar-refractivity contribution in [2.24, 2.45) is 11.7 Å². The Balaban J connectivity index is 1.67. The minimum absolute atomic E-state index is 0.0298. The van der Waals surface area contributed by atoms with E-state index in [9.17, 15) is 9.90 Å². The number of thiazole rings is 1. The van der Waals surface area contributed by atoms with E-state index in [1.165, 1.54) is 0 Å². The van der Waals surface area contributed by atoms with Crippen LogP contribution in [-0.4, -0.2) is 42.5 Å². The van der Waals surface area contributed by atoms with Crippen LogP contribution in [0.5, 0.6) is 0 Å². The molecule has 1 aliphatic heterocycles. The fraction of sp³-hybridized carbons (Fsp3) is 0.556. The van der Waals surface area contributed by atoms with Crippen LogP contribution in [0.1, 0.15) is 32.1 Å². The maximum atomic E-state index is 11.8. The van der Waals surface area contributed by atoms with E-state index >= 15 is 0 Å². The number of carboxylic acid groups (broad SMARTS) is 1. The van der Waals surface area contributed by atoms with Crippen LogP contribution in [0.25, 0.3) is 10.2 Å². The number of halogens is 1. The van der Waals surface area contributed by atoms with Crippen LogP contribution in [-0.2, 0) is 4.79 Å². The van der Waals surface area contributed by atoms with E-state index in [0.29, 0.717) is 17.8 Å². The molecule has 1 aliphatic rings. The lowest BCUT2D eigenvalue weighted by molar-refractivity contribution is -0.146. The fourth-order valence-electron chi connectivity index (χ4n) is 3.65. The molecular formula is C18H23BClN3O2S. The SMILES string of the molecule is [B]CCCCC(N)(C(=O)O)C1CCN(c2nc3ccc(Cl)cc3s2)CC1. The lowest BCUT2D eigenvalue weighted by atomic mass is 9.75. The first-order valence-corrected chi connectivity index (χ1v) is 10.2. The second kappa shape index (κ2) is 8.15. The highest BCUT2D eigenvalue weighted by molar-refractivity contribution is 7.22. The van der Waals surface area contributed by atoms with Crippen molar-refractivity contribution in [2.45, 2.75) is 44.0 Å². The summed E-state index contributed by atoms with van der Waals surface area (Å²) >= 11 is 7.67. The average molecular weight is 392 g/mol. The van der Waals surface area contributed by atoms with Crippen molar-refractivity contribution in [2.75, 3.05) is 18.0 Å². The molecular weight excluding hydrogens is 369 g/mol. The zero-order chi connectivity index (χ0) is 18.7. The largest absolute Gasteiger partial charge is 0.480 e. The summed E-state index contributed by atoms with van der Waals surface area (Å²) in [5, 5.41) is 11.4. The molecule has 0 aliphatic carbocycles. The number of hydrogen-bond donors (Lipinski definition) is 2. The van der Waals surface area contributed by atoms with Gasteiger partial charge in [0.1, 0.15) is 5.54 Å². The van der Waals surface area contributed by atoms with E-state index in [1.54, 1.807) is 11.3 Å². The van der Waals surface area contributed by atoms with Gasteiger partial charge in [0, 0.05) is 18.1 Å². The molecule has 1 unspecified atom stereocenters. The van der Waals surface area contributed by atoms with Gasteiger partial charge in [0.15, 0.2) is 5.13 Å². The molecule has 0 spiro atoms. The van der Waals surface area contributed by atoms with E-state index in [4.69, 9.17) is 25.2 Å². The van der Waals surface area contributed by atoms with E-state index in [0.717, 1.165) is 54.1 Å². The molecule has 26 heavy (non-hydrogen) atoms. The fourth-order valence-corrected chi connectivity index (χ4v) is 4.95. The number of unbranched alkanes of at least 4 members (excludes halogenated alkanes) is 1. The highest BCUT2D eigenvalue weighted by atomic mass is 35.5. The van der Waals surface area contributed by atoms with Crippen molar-refractivity contribution in [3.05, 3.63) is 23.2 Å². The van der Waals surface area contributed by atoms with Gasteiger partial charge in [0.2, 0.25) is 0 Å². The van der Waals surface area contributed by atoms with E-state index in [2.05, 4.69) is 9.88 Å². The summed E-state index contributed by atoms with van der Waals surface area (Å²) < 4.78 is 1.06. The summed E-state index contributed by atoms with van der Waals surface area (Å²) in [5.41, 5.74) is 6.11. The number of fused-ring (bicyclic) bond motifs is 1. The van der Waals surface area contributed by atoms with Crippen LogP contribution in [0.15, 0.2) is 18.2 Å². The average Bonchev–Trinajstić information content (AvgIpc) is 3.05. The molecule has 0 saturated carbocycles. The lowest BCUT2D eigenvalue weighted by Gasteiger charge is -2.40. The van der Waals surface area contributed by atoms with Gasteiger partial charge in [-0.25, -0.2) is 4.98 Å². The lowest BCUT2D eigenvalue weighted by Crippen LogP contribution is -2.57. The molecule has 1 saturated heterocycles. The van der Waals surface area contributed by atoms with Crippen molar-refractivity contribution in [1.82, 2.24) is 4.98 Å². The van der Waals surface area contributed by atoms with Gasteiger partial charge in [-0.2, -0.15) is 0 Å². The Morgan fingerprint density at radius 1 is 1.42 bits per heavy atom. The van der Waals surface area contributed by atoms with Gasteiger partial charge in [-0.1, -0.05) is 42.1 Å². The molecule has 8 heteroatoms. The maximum Gasteiger partial charge on any atom is 0.323 e. The van der Waals surface area contributed by atoms with Gasteiger partial charge >= 0.3 is 5.97 Å². The third kappa shape index (κ3) is 4.00. The second-order valence-electron chi connectivity index (χ2n) is 6.96. The molecule has 3 rings (SSSR count). The first-order valence-electron chi connectivity index (χ1n) is 8.97. The summed E-state index contributed by atoms with van der Waals surface area (Å²) in [7, 11) is 5.53. The number of carboxylic acids is 1. The molecule has 1 atom stereocenters. The zero-order valence-electron chi connectivity index (χ0n) is 14.7. The Morgan fingerprint density at radius 2 is 2.15 bits per heavy atom. The van der Waals surface area contributed by atoms with Gasteiger partial charge in [-0.15, -0.1) is 0 Å². The Morgan fingerprint density at radius 3 is 2.81 bits per heavy atom. The third-order valence-electron chi connectivity index (χ3n) is 5.28. The standard InChI is InChI=1S/C18H23BClN3O2S/c19-8-2-1-7-18(21,16(24)25)12-5-9-23(10-6-12)17-22-14-4-3-13(20)11-15(14)26-17/h3-4,11-12H,1-2,5-10,21H2,(H,24,25). The molecule has 0 bridgehead atoms. The number of nitrogens with zero attached hydrogens (tertiary/aromatic N) is 2. The molecule has 1 aromatic heterocycles. The van der Waals surface area contributed by atoms with Crippen LogP contribution in [0.3, 0.4) is 0 Å². The smallest absolute Gasteiger partial charge is 0.323 e. The molecule has 2 heterocycles. The van der Waals surface area contributed by atoms with Crippen molar-refractivity contribution in [1.29, 1.82) is 0 Å². The first-order chi connectivity index (χ1) is 12.4. The van der Waals surface area contributed by atoms with Crippen LogP contribution >= 0.6 is 22.9 Å². The minimum Gasteiger partial charge on any atom is -0.480 e. The molecule has 2 aromatic rings. The summed E-state index contributed by atoms with van der Waals surface area (Å²) in [5.74, 6) is -0.930. The Bertz CT molecular complexity index is 779. The van der Waals surface area contributed by atoms with E-state index in [1.807, 2.05) is 18.2 Å². The summed E-state index contributed by atoms with van der Waals surface area (Å²) in [6.45, 7) is 1.53. The number of benzene rings is 1. The van der Waals surface area contributed by atoms with E-state index in [-0.39, 0.29) is 5.92 Å². The van der Waals surface area contributed by atoms with Crippen molar-refractivity contribution >= 4 is 52.1 Å². The van der Waals surface area contributed by atoms with Crippen LogP contribution in [0.4, 0.5) is 5.13 Å². The number of piperidine rings is 1. The van der Waals surface area contributed by atoms with Gasteiger partial charge in [0.05, 0.1) is 18.1 Å². The van der Waals surface area contributed by atoms with Crippen LogP contribution in [0.2, 0.25) is 11.3 Å². The van der Waals surface area contributed by atoms with Crippen LogP contribution < -0.4 is 10.6 Å². The number of hydrogen-bond acceptors (Lipinski definition) is 5. The number of rotatable bonds is 7. The number of carbonyl (C=O) groups is 1. The normalized spacial score (nSPS) is 18.2. The predicted molar refractivity (Wildman–Crippen MR) is 109 cm³/mol. The van der Waals surface area contributed by atoms with Gasteiger partial charge in [-0.3, -0.25) is 4.79 Å². The Hall–Kier alpha value is -1.31.